The van der Waals surface area contributed by atoms with Gasteiger partial charge in [0, 0.05) is 32.2 Å². The van der Waals surface area contributed by atoms with Gasteiger partial charge in [-0.1, -0.05) is 56.3 Å². The maximum Gasteiger partial charge on any atom is 0.326 e. The van der Waals surface area contributed by atoms with E-state index in [2.05, 4.69) is 47.5 Å². The topological polar surface area (TPSA) is 519 Å². The number of guanidine groups is 1. The number of hydrogen-bond donors (Lipinski definition) is 17. The molecule has 9 atom stereocenters. The predicted octanol–water partition coefficient (Wildman–Crippen LogP) is -4.82. The molecule has 21 N–H and O–H groups in total. The van der Waals surface area contributed by atoms with E-state index in [9.17, 15) is 78.0 Å². The number of aliphatic hydroxyl groups is 1. The maximum absolute atomic E-state index is 14.1. The summed E-state index contributed by atoms with van der Waals surface area (Å²) in [4.78, 5) is 160. The fourth-order valence-electron chi connectivity index (χ4n) is 7.50. The molecule has 0 aromatic heterocycles. The Balaban J connectivity index is 2.40. The number of nitrogens with two attached hydrogens (primary N) is 4. The Morgan fingerprint density at radius 3 is 1.61 bits per heavy atom. The van der Waals surface area contributed by atoms with Gasteiger partial charge in [-0.2, -0.15) is 0 Å². The van der Waals surface area contributed by atoms with Gasteiger partial charge in [-0.05, 0) is 68.2 Å². The van der Waals surface area contributed by atoms with Crippen LogP contribution in [-0.2, 0) is 70.4 Å². The highest BCUT2D eigenvalue weighted by atomic mass is 16.4. The highest BCUT2D eigenvalue weighted by Crippen LogP contribution is 2.14. The first-order valence-corrected chi connectivity index (χ1v) is 25.2. The minimum absolute atomic E-state index is 0.0151. The summed E-state index contributed by atoms with van der Waals surface area (Å²) in [6.45, 7) is 3.57. The Labute approximate surface area is 459 Å². The molecule has 0 aliphatic heterocycles. The molecule has 2 rings (SSSR count). The van der Waals surface area contributed by atoms with Gasteiger partial charge >= 0.3 is 17.9 Å². The van der Waals surface area contributed by atoms with Crippen molar-refractivity contribution in [1.82, 2.24) is 42.5 Å². The number of nitrogens with one attached hydrogen (secondary N) is 8. The number of hydrogen-bond acceptors (Lipinski definition) is 16. The first-order chi connectivity index (χ1) is 37.6. The minimum atomic E-state index is -1.92. The van der Waals surface area contributed by atoms with E-state index in [1.165, 1.54) is 24.3 Å². The van der Waals surface area contributed by atoms with Crippen molar-refractivity contribution in [3.05, 3.63) is 65.7 Å². The molecule has 0 heterocycles. The van der Waals surface area contributed by atoms with Gasteiger partial charge in [-0.3, -0.25) is 57.7 Å². The second-order valence-electron chi connectivity index (χ2n) is 19.0. The molecule has 30 nitrogen and oxygen atoms in total. The summed E-state index contributed by atoms with van der Waals surface area (Å²) in [5.41, 5.74) is 23.0. The van der Waals surface area contributed by atoms with E-state index in [1.807, 2.05) is 0 Å². The van der Waals surface area contributed by atoms with Crippen molar-refractivity contribution in [2.24, 2.45) is 33.8 Å². The monoisotopic (exact) mass is 1130 g/mol. The van der Waals surface area contributed by atoms with E-state index >= 15 is 0 Å². The largest absolute Gasteiger partial charge is 0.508 e. The SMILES string of the molecule is CC(C)CC(NC(=O)C(CC(=O)O)NC(=O)C(CCC(N)=O)NC(=O)C(NC(=O)C(Cc1ccccc1)NC(=O)CNC(=O)C(CCCN=C(N)N)NC(=O)C(Cc1ccc(O)cc1)NC(=O)C(N)CCC(=O)O)C(C)O)C(=O)O. The number of phenols is 1. The van der Waals surface area contributed by atoms with Crippen LogP contribution in [0.25, 0.3) is 0 Å². The van der Waals surface area contributed by atoms with Gasteiger partial charge in [0.25, 0.3) is 0 Å². The van der Waals surface area contributed by atoms with Crippen molar-refractivity contribution in [1.29, 1.82) is 0 Å². The number of carbonyl (C=O) groups excluding carboxylic acids is 9. The zero-order valence-electron chi connectivity index (χ0n) is 44.3. The van der Waals surface area contributed by atoms with Crippen LogP contribution in [0, 0.1) is 5.92 Å². The molecule has 0 saturated carbocycles. The van der Waals surface area contributed by atoms with Crippen LogP contribution in [0.4, 0.5) is 0 Å². The molecular formula is C50H73N13O17. The summed E-state index contributed by atoms with van der Waals surface area (Å²) in [7, 11) is 0. The lowest BCUT2D eigenvalue weighted by molar-refractivity contribution is -0.144. The lowest BCUT2D eigenvalue weighted by Gasteiger charge is -2.28. The summed E-state index contributed by atoms with van der Waals surface area (Å²) in [6.07, 6.45) is -5.23. The highest BCUT2D eigenvalue weighted by Gasteiger charge is 2.36. The zero-order valence-corrected chi connectivity index (χ0v) is 44.3. The number of nitrogens with zero attached hydrogens (tertiary/aromatic N) is 1. The summed E-state index contributed by atoms with van der Waals surface area (Å²) in [6, 6.07) is 0.800. The van der Waals surface area contributed by atoms with E-state index in [0.717, 1.165) is 6.92 Å². The van der Waals surface area contributed by atoms with Crippen LogP contribution in [0.5, 0.6) is 5.75 Å². The Kier molecular flexibility index (Phi) is 28.6. The molecule has 0 aliphatic rings. The third-order valence-electron chi connectivity index (χ3n) is 11.7. The van der Waals surface area contributed by atoms with Crippen LogP contribution in [0.3, 0.4) is 0 Å². The Morgan fingerprint density at radius 2 is 1.06 bits per heavy atom. The van der Waals surface area contributed by atoms with Crippen molar-refractivity contribution >= 4 is 77.0 Å². The van der Waals surface area contributed by atoms with E-state index in [0.29, 0.717) is 11.1 Å². The van der Waals surface area contributed by atoms with Gasteiger partial charge in [0.15, 0.2) is 5.96 Å². The average Bonchev–Trinajstić information content (AvgIpc) is 3.37. The third-order valence-corrected chi connectivity index (χ3v) is 11.7. The molecule has 9 amide bonds. The first-order valence-electron chi connectivity index (χ1n) is 25.2. The van der Waals surface area contributed by atoms with Crippen LogP contribution in [-0.4, -0.2) is 170 Å². The maximum atomic E-state index is 14.1. The molecule has 2 aromatic carbocycles. The van der Waals surface area contributed by atoms with Gasteiger partial charge in [0.1, 0.15) is 48.0 Å². The number of primary amides is 1. The molecule has 0 saturated heterocycles. The second-order valence-corrected chi connectivity index (χ2v) is 19.0. The van der Waals surface area contributed by atoms with E-state index in [-0.39, 0.29) is 62.7 Å². The van der Waals surface area contributed by atoms with Gasteiger partial charge < -0.3 is 91.0 Å². The second kappa shape index (κ2) is 34.1. The number of rotatable bonds is 36. The number of aliphatic hydroxyl groups excluding tert-OH is 1. The van der Waals surface area contributed by atoms with Crippen LogP contribution >= 0.6 is 0 Å². The number of carboxylic acids is 3. The van der Waals surface area contributed by atoms with Gasteiger partial charge in [0.2, 0.25) is 53.2 Å². The van der Waals surface area contributed by atoms with E-state index < -0.39 is 158 Å². The van der Waals surface area contributed by atoms with E-state index in [1.54, 1.807) is 44.2 Å². The molecule has 0 aliphatic carbocycles. The standard InChI is InChI=1S/C50H73N13O17/c1-25(2)20-36(49(79)80)62-46(76)35(23-40(70)71)61-44(74)32(16-17-37(52)66)59-48(78)41(26(3)64)63-47(77)33(21-27-8-5-4-6-9-27)57-38(67)24-56-43(73)31(10-7-19-55-50(53)54)58-45(75)34(22-28-11-13-29(65)14-12-28)60-42(72)30(51)15-18-39(68)69/h4-6,8-9,11-14,25-26,30-36,41,64-65H,7,10,15-24,51H2,1-3H3,(H2,52,66)(H,56,73)(H,57,67)(H,58,75)(H,59,78)(H,60,72)(H,61,74)(H,62,76)(H,63,77)(H,68,69)(H,70,71)(H,79,80)(H4,53,54,55). The number of amides is 9. The molecule has 0 spiro atoms. The molecule has 80 heavy (non-hydrogen) atoms. The predicted molar refractivity (Wildman–Crippen MR) is 283 cm³/mol. The fraction of sp³-hybridized carbons (Fsp3) is 0.500. The lowest BCUT2D eigenvalue weighted by Crippen LogP contribution is -2.61. The molecule has 30 heteroatoms. The summed E-state index contributed by atoms with van der Waals surface area (Å²) in [5, 5.41) is 67.5. The summed E-state index contributed by atoms with van der Waals surface area (Å²) < 4.78 is 0. The van der Waals surface area contributed by atoms with Gasteiger partial charge in [-0.15, -0.1) is 0 Å². The normalized spacial score (nSPS) is 14.3. The van der Waals surface area contributed by atoms with Crippen molar-refractivity contribution < 1.29 is 83.1 Å². The number of aromatic hydroxyl groups is 1. The molecular weight excluding hydrogens is 1050 g/mol. The third kappa shape index (κ3) is 25.9. The quantitative estimate of drug-likeness (QED) is 0.0173. The summed E-state index contributed by atoms with van der Waals surface area (Å²) in [5.74, 6) is -14.3. The van der Waals surface area contributed by atoms with Crippen LogP contribution in [0.1, 0.15) is 83.3 Å². The van der Waals surface area contributed by atoms with Crippen LogP contribution in [0.2, 0.25) is 0 Å². The van der Waals surface area contributed by atoms with Gasteiger partial charge in [-0.25, -0.2) is 4.79 Å². The number of aliphatic imine (C=N–C) groups is 1. The first kappa shape index (κ1) is 67.2. The number of aliphatic carboxylic acids is 3. The lowest BCUT2D eigenvalue weighted by atomic mass is 10.0. The molecule has 9 unspecified atom stereocenters. The number of benzene rings is 2. The van der Waals surface area contributed by atoms with Crippen molar-refractivity contribution in [2.75, 3.05) is 13.1 Å². The Bertz CT molecular complexity index is 2510. The molecule has 0 radical (unpaired) electrons. The smallest absolute Gasteiger partial charge is 0.326 e. The average molecular weight is 1130 g/mol. The molecule has 0 fully saturated rings. The Hall–Kier alpha value is -8.93. The molecule has 0 bridgehead atoms. The number of phenolic OH excluding ortho intramolecular Hbond substituents is 1. The summed E-state index contributed by atoms with van der Waals surface area (Å²) >= 11 is 0. The minimum Gasteiger partial charge on any atom is -0.508 e. The van der Waals surface area contributed by atoms with E-state index in [4.69, 9.17) is 28.0 Å². The number of carbonyl (C=O) groups is 12. The molecule has 440 valence electrons. The molecule has 2 aromatic rings. The van der Waals surface area contributed by atoms with Crippen LogP contribution in [0.15, 0.2) is 59.6 Å². The van der Waals surface area contributed by atoms with Crippen LogP contribution < -0.4 is 65.5 Å². The van der Waals surface area contributed by atoms with Crippen molar-refractivity contribution in [2.45, 2.75) is 139 Å². The zero-order chi connectivity index (χ0) is 60.2. The Morgan fingerprint density at radius 1 is 0.550 bits per heavy atom. The fourth-order valence-corrected chi connectivity index (χ4v) is 7.50. The van der Waals surface area contributed by atoms with Crippen molar-refractivity contribution in [3.8, 4) is 5.75 Å². The van der Waals surface area contributed by atoms with Gasteiger partial charge in [0.05, 0.1) is 25.1 Å². The highest BCUT2D eigenvalue weighted by molar-refractivity contribution is 5.98. The van der Waals surface area contributed by atoms with Crippen molar-refractivity contribution in [3.63, 3.8) is 0 Å². The number of carboxylic acid groups (broad SMARTS) is 3.